The van der Waals surface area contributed by atoms with Crippen molar-refractivity contribution in [2.24, 2.45) is 11.8 Å². The van der Waals surface area contributed by atoms with Gasteiger partial charge >= 0.3 is 0 Å². The van der Waals surface area contributed by atoms with Gasteiger partial charge in [-0.3, -0.25) is 0 Å². The zero-order valence-electron chi connectivity index (χ0n) is 11.2. The van der Waals surface area contributed by atoms with Crippen LogP contribution >= 0.6 is 15.9 Å². The van der Waals surface area contributed by atoms with Gasteiger partial charge in [-0.1, -0.05) is 25.1 Å². The molecule has 104 valence electrons. The third kappa shape index (κ3) is 2.25. The molecule has 1 aliphatic rings. The highest BCUT2D eigenvalue weighted by atomic mass is 79.9. The molecule has 0 saturated carbocycles. The first kappa shape index (κ1) is 13.3. The predicted molar refractivity (Wildman–Crippen MR) is 83.9 cm³/mol. The second-order valence-electron chi connectivity index (χ2n) is 5.05. The molecule has 1 aromatic heterocycles. The summed E-state index contributed by atoms with van der Waals surface area (Å²) in [6.45, 7) is 3.18. The fraction of sp³-hybridized carbons (Fsp3) is 0.286. The number of halogens is 1. The Labute approximate surface area is 126 Å². The van der Waals surface area contributed by atoms with Crippen LogP contribution < -0.4 is 16.2 Å². The van der Waals surface area contributed by atoms with Crippen molar-refractivity contribution < 1.29 is 0 Å². The average molecular weight is 334 g/mol. The summed E-state index contributed by atoms with van der Waals surface area (Å²) in [5.41, 5.74) is 5.13. The topological polar surface area (TPSA) is 67.1 Å². The number of hydrogen-bond donors (Lipinski definition) is 2. The second-order valence-corrected chi connectivity index (χ2v) is 5.85. The molecule has 3 N–H and O–H groups in total. The highest BCUT2D eigenvalue weighted by Gasteiger charge is 2.25. The van der Waals surface area contributed by atoms with Crippen molar-refractivity contribution >= 4 is 33.3 Å². The van der Waals surface area contributed by atoms with Gasteiger partial charge in [-0.05, 0) is 39.9 Å². The maximum absolute atomic E-state index is 5.48. The van der Waals surface area contributed by atoms with E-state index in [4.69, 9.17) is 5.84 Å². The molecule has 0 saturated heterocycles. The van der Waals surface area contributed by atoms with E-state index < -0.39 is 0 Å². The Hall–Kier alpha value is -1.66. The van der Waals surface area contributed by atoms with Crippen molar-refractivity contribution in [3.05, 3.63) is 40.6 Å². The number of aromatic nitrogens is 2. The summed E-state index contributed by atoms with van der Waals surface area (Å²) in [5, 5.41) is 0. The van der Waals surface area contributed by atoms with Crippen LogP contribution in [0, 0.1) is 5.92 Å². The molecule has 3 rings (SSSR count). The molecule has 1 aromatic carbocycles. The molecule has 6 heteroatoms. The first-order valence-electron chi connectivity index (χ1n) is 6.53. The van der Waals surface area contributed by atoms with Gasteiger partial charge in [0.05, 0.1) is 0 Å². The maximum Gasteiger partial charge on any atom is 0.159 e. The number of nitrogens with two attached hydrogens (primary N) is 1. The molecule has 2 aromatic rings. The number of nitrogens with one attached hydrogen (secondary N) is 1. The van der Waals surface area contributed by atoms with Crippen molar-refractivity contribution in [3.63, 3.8) is 0 Å². The van der Waals surface area contributed by atoms with Crippen LogP contribution in [0.5, 0.6) is 0 Å². The van der Waals surface area contributed by atoms with E-state index in [1.165, 1.54) is 17.6 Å². The number of hydrogen-bond acceptors (Lipinski definition) is 5. The van der Waals surface area contributed by atoms with Crippen LogP contribution in [0.1, 0.15) is 12.5 Å². The average Bonchev–Trinajstić information content (AvgIpc) is 2.46. The maximum atomic E-state index is 5.48. The molecule has 2 heterocycles. The highest BCUT2D eigenvalue weighted by Crippen LogP contribution is 2.38. The summed E-state index contributed by atoms with van der Waals surface area (Å²) in [7, 11) is 0. The number of anilines is 3. The molecule has 0 spiro atoms. The quantitative estimate of drug-likeness (QED) is 0.653. The highest BCUT2D eigenvalue weighted by molar-refractivity contribution is 9.10. The minimum atomic E-state index is 0.570. The lowest BCUT2D eigenvalue weighted by Crippen LogP contribution is -2.31. The Morgan fingerprint density at radius 1 is 1.35 bits per heavy atom. The molecule has 0 fully saturated rings. The molecule has 0 bridgehead atoms. The molecule has 1 unspecified atom stereocenters. The Morgan fingerprint density at radius 2 is 2.15 bits per heavy atom. The number of para-hydroxylation sites is 1. The standard InChI is InChI=1S/C14H16BrN5/c1-9-6-10-4-2-3-5-11(10)20(7-9)14-12(15)13(19-16)17-8-18-14/h2-5,8-9H,6-7,16H2,1H3,(H,17,18,19). The van der Waals surface area contributed by atoms with Gasteiger partial charge in [-0.15, -0.1) is 0 Å². The van der Waals surface area contributed by atoms with Gasteiger partial charge in [0, 0.05) is 12.2 Å². The molecule has 1 aliphatic heterocycles. The molecule has 20 heavy (non-hydrogen) atoms. The number of rotatable bonds is 2. The largest absolute Gasteiger partial charge is 0.325 e. The summed E-state index contributed by atoms with van der Waals surface area (Å²) in [4.78, 5) is 10.7. The fourth-order valence-electron chi connectivity index (χ4n) is 2.65. The van der Waals surface area contributed by atoms with Gasteiger partial charge in [0.25, 0.3) is 0 Å². The van der Waals surface area contributed by atoms with Crippen molar-refractivity contribution in [2.45, 2.75) is 13.3 Å². The van der Waals surface area contributed by atoms with E-state index in [-0.39, 0.29) is 0 Å². The molecule has 0 amide bonds. The Bertz CT molecular complexity index is 631. The van der Waals surface area contributed by atoms with Gasteiger partial charge in [-0.25, -0.2) is 15.8 Å². The van der Waals surface area contributed by atoms with Crippen molar-refractivity contribution in [3.8, 4) is 0 Å². The predicted octanol–water partition coefficient (Wildman–Crippen LogP) is 2.85. The van der Waals surface area contributed by atoms with Crippen molar-refractivity contribution in [1.82, 2.24) is 9.97 Å². The van der Waals surface area contributed by atoms with Crippen LogP contribution in [-0.4, -0.2) is 16.5 Å². The van der Waals surface area contributed by atoms with E-state index in [1.54, 1.807) is 0 Å². The number of nitrogens with zero attached hydrogens (tertiary/aromatic N) is 3. The Kier molecular flexibility index (Phi) is 3.58. The van der Waals surface area contributed by atoms with Gasteiger partial charge in [0.2, 0.25) is 0 Å². The number of fused-ring (bicyclic) bond motifs is 1. The molecule has 1 atom stereocenters. The second kappa shape index (κ2) is 5.38. The van der Waals surface area contributed by atoms with E-state index in [9.17, 15) is 0 Å². The van der Waals surface area contributed by atoms with E-state index in [0.717, 1.165) is 23.3 Å². The van der Waals surface area contributed by atoms with Gasteiger partial charge in [0.1, 0.15) is 10.8 Å². The SMILES string of the molecule is CC1Cc2ccccc2N(c2ncnc(NN)c2Br)C1. The van der Waals surface area contributed by atoms with Crippen LogP contribution in [0.2, 0.25) is 0 Å². The third-order valence-electron chi connectivity index (χ3n) is 3.51. The van der Waals surface area contributed by atoms with Gasteiger partial charge in [-0.2, -0.15) is 0 Å². The fourth-order valence-corrected chi connectivity index (χ4v) is 3.18. The first-order chi connectivity index (χ1) is 9.70. The third-order valence-corrected chi connectivity index (χ3v) is 4.24. The molecular formula is C14H16BrN5. The Morgan fingerprint density at radius 3 is 2.95 bits per heavy atom. The van der Waals surface area contributed by atoms with Crippen LogP contribution in [0.3, 0.4) is 0 Å². The van der Waals surface area contributed by atoms with Crippen LogP contribution in [0.25, 0.3) is 0 Å². The van der Waals surface area contributed by atoms with Gasteiger partial charge in [0.15, 0.2) is 11.6 Å². The lowest BCUT2D eigenvalue weighted by molar-refractivity contribution is 0.559. The lowest BCUT2D eigenvalue weighted by atomic mass is 9.94. The van der Waals surface area contributed by atoms with Crippen molar-refractivity contribution in [2.75, 3.05) is 16.9 Å². The summed E-state index contributed by atoms with van der Waals surface area (Å²) in [5.74, 6) is 7.48. The number of benzene rings is 1. The summed E-state index contributed by atoms with van der Waals surface area (Å²) < 4.78 is 0.784. The smallest absolute Gasteiger partial charge is 0.159 e. The lowest BCUT2D eigenvalue weighted by Gasteiger charge is -2.34. The monoisotopic (exact) mass is 333 g/mol. The molecular weight excluding hydrogens is 318 g/mol. The van der Waals surface area contributed by atoms with Crippen LogP contribution in [0.4, 0.5) is 17.3 Å². The normalized spacial score (nSPS) is 17.8. The first-order valence-corrected chi connectivity index (χ1v) is 7.32. The summed E-state index contributed by atoms with van der Waals surface area (Å²) in [6, 6.07) is 8.44. The molecule has 5 nitrogen and oxygen atoms in total. The minimum Gasteiger partial charge on any atom is -0.325 e. The summed E-state index contributed by atoms with van der Waals surface area (Å²) >= 11 is 3.54. The van der Waals surface area contributed by atoms with E-state index >= 15 is 0 Å². The summed E-state index contributed by atoms with van der Waals surface area (Å²) in [6.07, 6.45) is 2.62. The number of nitrogen functional groups attached to an aromatic ring is 1. The van der Waals surface area contributed by atoms with E-state index in [2.05, 4.69) is 67.4 Å². The molecule has 0 aliphatic carbocycles. The van der Waals surface area contributed by atoms with Gasteiger partial charge < -0.3 is 10.3 Å². The number of hydrazine groups is 1. The minimum absolute atomic E-state index is 0.570. The van der Waals surface area contributed by atoms with E-state index in [0.29, 0.717) is 11.7 Å². The zero-order valence-corrected chi connectivity index (χ0v) is 12.8. The van der Waals surface area contributed by atoms with Crippen LogP contribution in [-0.2, 0) is 6.42 Å². The zero-order chi connectivity index (χ0) is 14.1. The van der Waals surface area contributed by atoms with E-state index in [1.807, 2.05) is 0 Å². The molecule has 0 radical (unpaired) electrons. The van der Waals surface area contributed by atoms with Crippen molar-refractivity contribution in [1.29, 1.82) is 0 Å². The Balaban J connectivity index is 2.11. The van der Waals surface area contributed by atoms with Crippen LogP contribution in [0.15, 0.2) is 35.1 Å².